The topological polar surface area (TPSA) is 38.8 Å². The van der Waals surface area contributed by atoms with Gasteiger partial charge in [-0.25, -0.2) is 0 Å². The van der Waals surface area contributed by atoms with E-state index in [2.05, 4.69) is 27.7 Å². The highest BCUT2D eigenvalue weighted by molar-refractivity contribution is 5.76. The fourth-order valence-electron chi connectivity index (χ4n) is 3.52. The Morgan fingerprint density at radius 1 is 1.19 bits per heavy atom. The van der Waals surface area contributed by atoms with Gasteiger partial charge in [-0.3, -0.25) is 4.79 Å². The van der Waals surface area contributed by atoms with Crippen LogP contribution in [0.1, 0.15) is 59.8 Å². The number of carbonyl (C=O) groups is 1. The minimum absolute atomic E-state index is 0.310. The average Bonchev–Trinajstić information content (AvgIpc) is 2.90. The summed E-state index contributed by atoms with van der Waals surface area (Å²) in [6.07, 6.45) is 4.65. The van der Waals surface area contributed by atoms with E-state index >= 15 is 0 Å². The Kier molecular flexibility index (Phi) is 5.67. The van der Waals surface area contributed by atoms with Crippen molar-refractivity contribution in [1.29, 1.82) is 0 Å². The highest BCUT2D eigenvalue weighted by atomic mass is 16.7. The van der Waals surface area contributed by atoms with E-state index in [1.54, 1.807) is 0 Å². The Bertz CT molecular complexity index is 340. The zero-order valence-corrected chi connectivity index (χ0v) is 14.1. The Labute approximate surface area is 129 Å². The molecule has 0 N–H and O–H groups in total. The number of rotatable bonds is 5. The van der Waals surface area contributed by atoms with Crippen LogP contribution in [0.2, 0.25) is 0 Å². The van der Waals surface area contributed by atoms with E-state index in [0.29, 0.717) is 30.2 Å². The first-order valence-electron chi connectivity index (χ1n) is 8.55. The van der Waals surface area contributed by atoms with Gasteiger partial charge in [-0.15, -0.1) is 0 Å². The van der Waals surface area contributed by atoms with Gasteiger partial charge in [0.15, 0.2) is 5.79 Å². The molecule has 4 heteroatoms. The van der Waals surface area contributed by atoms with E-state index in [0.717, 1.165) is 45.4 Å². The highest BCUT2D eigenvalue weighted by Gasteiger charge is 2.40. The van der Waals surface area contributed by atoms with Crippen molar-refractivity contribution in [3.05, 3.63) is 0 Å². The Morgan fingerprint density at radius 3 is 2.24 bits per heavy atom. The maximum atomic E-state index is 12.6. The van der Waals surface area contributed by atoms with Gasteiger partial charge in [-0.05, 0) is 38.5 Å². The molecule has 0 aromatic carbocycles. The van der Waals surface area contributed by atoms with Crippen LogP contribution in [0.15, 0.2) is 0 Å². The first-order valence-corrected chi connectivity index (χ1v) is 8.55. The lowest BCUT2D eigenvalue weighted by Gasteiger charge is -2.37. The van der Waals surface area contributed by atoms with E-state index in [4.69, 9.17) is 9.47 Å². The highest BCUT2D eigenvalue weighted by Crippen LogP contribution is 2.39. The van der Waals surface area contributed by atoms with Crippen LogP contribution in [-0.2, 0) is 14.3 Å². The maximum absolute atomic E-state index is 12.6. The van der Waals surface area contributed by atoms with Crippen LogP contribution in [0.3, 0.4) is 0 Å². The molecule has 2 rings (SSSR count). The van der Waals surface area contributed by atoms with E-state index in [1.807, 2.05) is 4.90 Å². The summed E-state index contributed by atoms with van der Waals surface area (Å²) in [7, 11) is 0. The quantitative estimate of drug-likeness (QED) is 0.782. The van der Waals surface area contributed by atoms with Crippen LogP contribution in [0.4, 0.5) is 0 Å². The second kappa shape index (κ2) is 7.10. The zero-order valence-electron chi connectivity index (χ0n) is 14.1. The van der Waals surface area contributed by atoms with Gasteiger partial charge in [0.1, 0.15) is 0 Å². The molecule has 1 heterocycles. The second-order valence-electron chi connectivity index (χ2n) is 6.92. The third kappa shape index (κ3) is 3.98. The molecular weight excluding hydrogens is 266 g/mol. The Hall–Kier alpha value is -0.610. The molecule has 2 fully saturated rings. The van der Waals surface area contributed by atoms with Crippen molar-refractivity contribution in [2.75, 3.05) is 19.8 Å². The Morgan fingerprint density at radius 2 is 1.76 bits per heavy atom. The number of hydrogen-bond acceptors (Lipinski definition) is 3. The lowest BCUT2D eigenvalue weighted by molar-refractivity contribution is -0.183. The van der Waals surface area contributed by atoms with Crippen molar-refractivity contribution in [2.45, 2.75) is 71.6 Å². The molecule has 1 saturated carbocycles. The summed E-state index contributed by atoms with van der Waals surface area (Å²) in [4.78, 5) is 14.6. The van der Waals surface area contributed by atoms with E-state index < -0.39 is 0 Å². The lowest BCUT2D eigenvalue weighted by atomic mass is 9.83. The van der Waals surface area contributed by atoms with Crippen LogP contribution < -0.4 is 0 Å². The number of nitrogens with zero attached hydrogens (tertiary/aromatic N) is 1. The minimum Gasteiger partial charge on any atom is -0.348 e. The molecular formula is C17H31NO3. The normalized spacial score (nSPS) is 23.7. The largest absolute Gasteiger partial charge is 0.348 e. The van der Waals surface area contributed by atoms with Crippen LogP contribution in [-0.4, -0.2) is 42.4 Å². The van der Waals surface area contributed by atoms with Crippen molar-refractivity contribution in [3.8, 4) is 0 Å². The van der Waals surface area contributed by atoms with Crippen LogP contribution in [0.25, 0.3) is 0 Å². The van der Waals surface area contributed by atoms with E-state index in [1.165, 1.54) is 0 Å². The van der Waals surface area contributed by atoms with Gasteiger partial charge in [0, 0.05) is 31.8 Å². The summed E-state index contributed by atoms with van der Waals surface area (Å²) in [5, 5.41) is 0. The van der Waals surface area contributed by atoms with E-state index in [-0.39, 0.29) is 5.79 Å². The monoisotopic (exact) mass is 297 g/mol. The second-order valence-corrected chi connectivity index (χ2v) is 6.92. The molecule has 0 aromatic heterocycles. The first kappa shape index (κ1) is 16.8. The summed E-state index contributed by atoms with van der Waals surface area (Å²) >= 11 is 0. The molecule has 122 valence electrons. The van der Waals surface area contributed by atoms with Crippen molar-refractivity contribution >= 4 is 5.91 Å². The van der Waals surface area contributed by atoms with Gasteiger partial charge in [0.05, 0.1) is 13.2 Å². The SMILES string of the molecule is CCN(C(=O)CC1CCC2(CC1)OCCO2)[C@@H](C)C(C)C. The average molecular weight is 297 g/mol. The van der Waals surface area contributed by atoms with Gasteiger partial charge in [-0.1, -0.05) is 13.8 Å². The molecule has 1 amide bonds. The van der Waals surface area contributed by atoms with Crippen molar-refractivity contribution in [2.24, 2.45) is 11.8 Å². The summed E-state index contributed by atoms with van der Waals surface area (Å²) in [5.41, 5.74) is 0. The summed E-state index contributed by atoms with van der Waals surface area (Å²) in [6.45, 7) is 10.8. The van der Waals surface area contributed by atoms with Gasteiger partial charge >= 0.3 is 0 Å². The molecule has 0 bridgehead atoms. The first-order chi connectivity index (χ1) is 9.97. The van der Waals surface area contributed by atoms with Crippen molar-refractivity contribution in [1.82, 2.24) is 4.90 Å². The summed E-state index contributed by atoms with van der Waals surface area (Å²) in [6, 6.07) is 0.318. The van der Waals surface area contributed by atoms with Crippen LogP contribution in [0.5, 0.6) is 0 Å². The number of hydrogen-bond donors (Lipinski definition) is 0. The molecule has 1 atom stereocenters. The zero-order chi connectivity index (χ0) is 15.5. The molecule has 0 unspecified atom stereocenters. The number of carbonyl (C=O) groups excluding carboxylic acids is 1. The van der Waals surface area contributed by atoms with E-state index in [9.17, 15) is 4.79 Å². The molecule has 1 aliphatic carbocycles. The van der Waals surface area contributed by atoms with Gasteiger partial charge in [-0.2, -0.15) is 0 Å². The number of amides is 1. The molecule has 1 aliphatic heterocycles. The summed E-state index contributed by atoms with van der Waals surface area (Å²) in [5.74, 6) is 0.996. The fraction of sp³-hybridized carbons (Fsp3) is 0.941. The lowest BCUT2D eigenvalue weighted by Crippen LogP contribution is -2.43. The Balaban J connectivity index is 1.83. The summed E-state index contributed by atoms with van der Waals surface area (Å²) < 4.78 is 11.5. The third-order valence-corrected chi connectivity index (χ3v) is 5.26. The van der Waals surface area contributed by atoms with Crippen LogP contribution >= 0.6 is 0 Å². The molecule has 1 spiro atoms. The van der Waals surface area contributed by atoms with Gasteiger partial charge < -0.3 is 14.4 Å². The smallest absolute Gasteiger partial charge is 0.223 e. The van der Waals surface area contributed by atoms with Crippen molar-refractivity contribution in [3.63, 3.8) is 0 Å². The molecule has 21 heavy (non-hydrogen) atoms. The molecule has 0 aromatic rings. The molecule has 0 radical (unpaired) electrons. The third-order valence-electron chi connectivity index (χ3n) is 5.26. The predicted molar refractivity (Wildman–Crippen MR) is 82.9 cm³/mol. The van der Waals surface area contributed by atoms with Gasteiger partial charge in [0.2, 0.25) is 5.91 Å². The molecule has 4 nitrogen and oxygen atoms in total. The number of ether oxygens (including phenoxy) is 2. The van der Waals surface area contributed by atoms with Gasteiger partial charge in [0.25, 0.3) is 0 Å². The maximum Gasteiger partial charge on any atom is 0.223 e. The standard InChI is InChI=1S/C17H31NO3/c1-5-18(14(4)13(2)3)16(19)12-15-6-8-17(9-7-15)20-10-11-21-17/h13-15H,5-12H2,1-4H3/t14-/m0/s1. The predicted octanol–water partition coefficient (Wildman–Crippen LogP) is 3.20. The molecule has 1 saturated heterocycles. The minimum atomic E-state index is -0.310. The molecule has 2 aliphatic rings. The van der Waals surface area contributed by atoms with Crippen molar-refractivity contribution < 1.29 is 14.3 Å². The fourth-order valence-corrected chi connectivity index (χ4v) is 3.52. The van der Waals surface area contributed by atoms with Crippen LogP contribution in [0, 0.1) is 11.8 Å².